The highest BCUT2D eigenvalue weighted by atomic mass is 16.4. The van der Waals surface area contributed by atoms with Crippen molar-refractivity contribution in [2.75, 3.05) is 0 Å². The number of rotatable bonds is 6. The van der Waals surface area contributed by atoms with E-state index in [0.717, 1.165) is 6.42 Å². The Hall–Kier alpha value is -0.730. The summed E-state index contributed by atoms with van der Waals surface area (Å²) in [7, 11) is 0. The number of hydrogen-bond donors (Lipinski definition) is 2. The van der Waals surface area contributed by atoms with Crippen LogP contribution in [0.5, 0.6) is 0 Å². The predicted molar refractivity (Wildman–Crippen MR) is 51.3 cm³/mol. The smallest absolute Gasteiger partial charge is 0.141 e. The van der Waals surface area contributed by atoms with Gasteiger partial charge >= 0.3 is 0 Å². The maximum absolute atomic E-state index is 8.37. The molecule has 0 aromatic rings. The van der Waals surface area contributed by atoms with Crippen molar-refractivity contribution < 1.29 is 5.21 Å². The molecule has 0 aliphatic heterocycles. The van der Waals surface area contributed by atoms with Crippen LogP contribution < -0.4 is 5.73 Å². The summed E-state index contributed by atoms with van der Waals surface area (Å²) in [6.07, 6.45) is 5.97. The van der Waals surface area contributed by atoms with E-state index in [1.54, 1.807) is 0 Å². The van der Waals surface area contributed by atoms with Gasteiger partial charge in [0.25, 0.3) is 0 Å². The van der Waals surface area contributed by atoms with Crippen molar-refractivity contribution >= 4 is 5.84 Å². The van der Waals surface area contributed by atoms with E-state index >= 15 is 0 Å². The fourth-order valence-electron chi connectivity index (χ4n) is 1.12. The highest BCUT2D eigenvalue weighted by Crippen LogP contribution is 2.10. The van der Waals surface area contributed by atoms with Crippen molar-refractivity contribution in [2.24, 2.45) is 16.8 Å². The molecule has 0 radical (unpaired) electrons. The summed E-state index contributed by atoms with van der Waals surface area (Å²) in [6.45, 7) is 4.17. The lowest BCUT2D eigenvalue weighted by molar-refractivity contribution is 0.313. The van der Waals surface area contributed by atoms with Gasteiger partial charge in [-0.3, -0.25) is 0 Å². The first-order chi connectivity index (χ1) is 5.72. The Bertz CT molecular complexity index is 134. The maximum atomic E-state index is 8.37. The lowest BCUT2D eigenvalue weighted by atomic mass is 10.0. The van der Waals surface area contributed by atoms with E-state index in [4.69, 9.17) is 10.9 Å². The van der Waals surface area contributed by atoms with Gasteiger partial charge in [-0.2, -0.15) is 0 Å². The molecule has 3 heteroatoms. The molecular weight excluding hydrogens is 152 g/mol. The third-order valence-corrected chi connectivity index (χ3v) is 2.11. The molecule has 0 aliphatic rings. The second kappa shape index (κ2) is 6.95. The molecule has 0 saturated carbocycles. The number of oxime groups is 1. The van der Waals surface area contributed by atoms with Crippen LogP contribution in [0, 0.1) is 5.92 Å². The van der Waals surface area contributed by atoms with E-state index in [1.165, 1.54) is 25.7 Å². The number of nitrogens with two attached hydrogens (primary N) is 1. The van der Waals surface area contributed by atoms with Crippen LogP contribution in [-0.4, -0.2) is 11.0 Å². The second-order valence-electron chi connectivity index (χ2n) is 3.28. The fraction of sp³-hybridized carbons (Fsp3) is 0.889. The Labute approximate surface area is 74.6 Å². The van der Waals surface area contributed by atoms with Crippen molar-refractivity contribution in [3.63, 3.8) is 0 Å². The van der Waals surface area contributed by atoms with Crippen molar-refractivity contribution in [2.45, 2.75) is 46.0 Å². The molecule has 0 amide bonds. The van der Waals surface area contributed by atoms with E-state index in [9.17, 15) is 0 Å². The van der Waals surface area contributed by atoms with Crippen LogP contribution in [0.1, 0.15) is 46.0 Å². The van der Waals surface area contributed by atoms with E-state index in [2.05, 4.69) is 12.1 Å². The molecular formula is C9H20N2O. The van der Waals surface area contributed by atoms with Gasteiger partial charge in [0.15, 0.2) is 0 Å². The minimum absolute atomic E-state index is 0.215. The van der Waals surface area contributed by atoms with Gasteiger partial charge in [-0.05, 0) is 6.42 Å². The maximum Gasteiger partial charge on any atom is 0.141 e. The summed E-state index contributed by atoms with van der Waals surface area (Å²) < 4.78 is 0. The van der Waals surface area contributed by atoms with Gasteiger partial charge in [-0.1, -0.05) is 44.7 Å². The lowest BCUT2D eigenvalue weighted by Gasteiger charge is -2.08. The zero-order chi connectivity index (χ0) is 9.40. The number of nitrogens with zero attached hydrogens (tertiary/aromatic N) is 1. The molecule has 1 unspecified atom stereocenters. The van der Waals surface area contributed by atoms with Gasteiger partial charge in [-0.15, -0.1) is 0 Å². The number of unbranched alkanes of at least 4 members (excludes halogenated alkanes) is 3. The Balaban J connectivity index is 3.37. The molecule has 3 nitrogen and oxygen atoms in total. The fourth-order valence-corrected chi connectivity index (χ4v) is 1.12. The first kappa shape index (κ1) is 11.3. The van der Waals surface area contributed by atoms with E-state index in [0.29, 0.717) is 5.84 Å². The topological polar surface area (TPSA) is 58.6 Å². The lowest BCUT2D eigenvalue weighted by Crippen LogP contribution is -2.21. The Morgan fingerprint density at radius 1 is 1.42 bits per heavy atom. The van der Waals surface area contributed by atoms with Crippen LogP contribution in [0.2, 0.25) is 0 Å². The number of hydrogen-bond acceptors (Lipinski definition) is 2. The molecule has 0 aromatic heterocycles. The average Bonchev–Trinajstić information content (AvgIpc) is 2.10. The largest absolute Gasteiger partial charge is 0.409 e. The first-order valence-corrected chi connectivity index (χ1v) is 4.69. The van der Waals surface area contributed by atoms with Crippen LogP contribution in [0.15, 0.2) is 5.16 Å². The van der Waals surface area contributed by atoms with Gasteiger partial charge in [0.05, 0.1) is 0 Å². The first-order valence-electron chi connectivity index (χ1n) is 4.69. The molecule has 0 heterocycles. The number of amidine groups is 1. The van der Waals surface area contributed by atoms with Crippen LogP contribution in [0.3, 0.4) is 0 Å². The summed E-state index contributed by atoms with van der Waals surface area (Å²) in [4.78, 5) is 0. The van der Waals surface area contributed by atoms with Crippen LogP contribution in [0.4, 0.5) is 0 Å². The molecule has 0 rings (SSSR count). The van der Waals surface area contributed by atoms with Crippen molar-refractivity contribution in [1.82, 2.24) is 0 Å². The quantitative estimate of drug-likeness (QED) is 0.212. The molecule has 72 valence electrons. The molecule has 12 heavy (non-hydrogen) atoms. The van der Waals surface area contributed by atoms with Crippen LogP contribution >= 0.6 is 0 Å². The normalized spacial score (nSPS) is 14.7. The molecule has 0 fully saturated rings. The molecule has 1 atom stereocenters. The summed E-state index contributed by atoms with van der Waals surface area (Å²) in [5.41, 5.74) is 5.43. The zero-order valence-electron chi connectivity index (χ0n) is 8.08. The zero-order valence-corrected chi connectivity index (χ0v) is 8.08. The van der Waals surface area contributed by atoms with Gasteiger partial charge in [0, 0.05) is 5.92 Å². The van der Waals surface area contributed by atoms with Crippen LogP contribution in [-0.2, 0) is 0 Å². The molecule has 0 aromatic carbocycles. The summed E-state index contributed by atoms with van der Waals surface area (Å²) in [5.74, 6) is 0.568. The Kier molecular flexibility index (Phi) is 6.53. The van der Waals surface area contributed by atoms with Crippen molar-refractivity contribution in [3.8, 4) is 0 Å². The van der Waals surface area contributed by atoms with Crippen molar-refractivity contribution in [1.29, 1.82) is 0 Å². The van der Waals surface area contributed by atoms with E-state index < -0.39 is 0 Å². The standard InChI is InChI=1S/C9H20N2O/c1-3-4-5-6-7-8(2)9(10)11-12/h8,12H,3-7H2,1-2H3,(H2,10,11). The van der Waals surface area contributed by atoms with Gasteiger partial charge < -0.3 is 10.9 Å². The SMILES string of the molecule is CCCCCCC(C)/C(N)=N/O. The minimum atomic E-state index is 0.215. The Morgan fingerprint density at radius 2 is 2.08 bits per heavy atom. The van der Waals surface area contributed by atoms with E-state index in [-0.39, 0.29) is 5.92 Å². The van der Waals surface area contributed by atoms with Crippen molar-refractivity contribution in [3.05, 3.63) is 0 Å². The highest BCUT2D eigenvalue weighted by molar-refractivity contribution is 5.81. The molecule has 3 N–H and O–H groups in total. The summed E-state index contributed by atoms with van der Waals surface area (Å²) in [5, 5.41) is 11.4. The van der Waals surface area contributed by atoms with Crippen LogP contribution in [0.25, 0.3) is 0 Å². The molecule has 0 aliphatic carbocycles. The minimum Gasteiger partial charge on any atom is -0.409 e. The summed E-state index contributed by atoms with van der Waals surface area (Å²) >= 11 is 0. The monoisotopic (exact) mass is 172 g/mol. The molecule has 0 spiro atoms. The third-order valence-electron chi connectivity index (χ3n) is 2.11. The summed E-state index contributed by atoms with van der Waals surface area (Å²) in [6, 6.07) is 0. The van der Waals surface area contributed by atoms with Gasteiger partial charge in [0.1, 0.15) is 5.84 Å². The second-order valence-corrected chi connectivity index (χ2v) is 3.28. The van der Waals surface area contributed by atoms with Gasteiger partial charge in [0.2, 0.25) is 0 Å². The third kappa shape index (κ3) is 4.99. The highest BCUT2D eigenvalue weighted by Gasteiger charge is 2.05. The molecule has 0 bridgehead atoms. The average molecular weight is 172 g/mol. The molecule has 0 saturated heterocycles. The Morgan fingerprint density at radius 3 is 2.58 bits per heavy atom. The van der Waals surface area contributed by atoms with Gasteiger partial charge in [-0.25, -0.2) is 0 Å². The predicted octanol–water partition coefficient (Wildman–Crippen LogP) is 2.34. The van der Waals surface area contributed by atoms with E-state index in [1.807, 2.05) is 6.92 Å².